The molecule has 0 N–H and O–H groups in total. The zero-order valence-corrected chi connectivity index (χ0v) is 7.93. The van der Waals surface area contributed by atoms with E-state index in [-0.39, 0.29) is 0 Å². The fourth-order valence-corrected chi connectivity index (χ4v) is 1.87. The lowest BCUT2D eigenvalue weighted by molar-refractivity contribution is 1.26. The van der Waals surface area contributed by atoms with Gasteiger partial charge in [-0.05, 0) is 24.5 Å². The van der Waals surface area contributed by atoms with Crippen molar-refractivity contribution in [3.05, 3.63) is 23.2 Å². The quantitative estimate of drug-likeness (QED) is 0.524. The molecule has 0 spiro atoms. The maximum absolute atomic E-state index is 5.72. The van der Waals surface area contributed by atoms with Gasteiger partial charge in [0.15, 0.2) is 0 Å². The highest BCUT2D eigenvalue weighted by molar-refractivity contribution is 7.99. The van der Waals surface area contributed by atoms with Crippen molar-refractivity contribution in [2.45, 2.75) is 9.79 Å². The van der Waals surface area contributed by atoms with Crippen molar-refractivity contribution < 1.29 is 0 Å². The molecule has 1 aromatic rings. The minimum Gasteiger partial charge on any atom is -0.142 e. The molecule has 0 aliphatic heterocycles. The topological polar surface area (TPSA) is 0 Å². The first kappa shape index (κ1) is 8.31. The van der Waals surface area contributed by atoms with Gasteiger partial charge >= 0.3 is 0 Å². The van der Waals surface area contributed by atoms with Gasteiger partial charge in [0.25, 0.3) is 0 Å². The van der Waals surface area contributed by atoms with E-state index in [1.807, 2.05) is 24.5 Å². The second kappa shape index (κ2) is 3.56. The van der Waals surface area contributed by atoms with Gasteiger partial charge in [-0.25, -0.2) is 0 Å². The van der Waals surface area contributed by atoms with Crippen LogP contribution in [-0.2, 0) is 0 Å². The molecule has 0 aliphatic rings. The van der Waals surface area contributed by atoms with E-state index in [9.17, 15) is 0 Å². The number of thioether (sulfide) groups is 1. The summed E-state index contributed by atoms with van der Waals surface area (Å²) in [5.74, 6) is 0. The molecule has 0 saturated heterocycles. The van der Waals surface area contributed by atoms with Crippen LogP contribution in [0.25, 0.3) is 0 Å². The third-order valence-corrected chi connectivity index (χ3v) is 2.69. The van der Waals surface area contributed by atoms with Crippen LogP contribution in [-0.4, -0.2) is 6.26 Å². The highest BCUT2D eigenvalue weighted by Crippen LogP contribution is 2.26. The molecule has 0 bridgehead atoms. The number of halogens is 1. The van der Waals surface area contributed by atoms with Gasteiger partial charge in [0.05, 0.1) is 0 Å². The van der Waals surface area contributed by atoms with E-state index in [4.69, 9.17) is 11.6 Å². The fourth-order valence-electron chi connectivity index (χ4n) is 0.663. The number of rotatable bonds is 1. The minimum absolute atomic E-state index is 0.739. The molecule has 1 rings (SSSR count). The Morgan fingerprint density at radius 1 is 1.50 bits per heavy atom. The summed E-state index contributed by atoms with van der Waals surface area (Å²) in [6.07, 6.45) is 2.02. The minimum atomic E-state index is 0.739. The zero-order chi connectivity index (χ0) is 7.56. The molecule has 0 amide bonds. The normalized spacial score (nSPS) is 9.90. The van der Waals surface area contributed by atoms with Gasteiger partial charge in [-0.1, -0.05) is 11.6 Å². The highest BCUT2D eigenvalue weighted by atomic mass is 35.5. The van der Waals surface area contributed by atoms with Gasteiger partial charge in [-0.2, -0.15) is 0 Å². The summed E-state index contributed by atoms with van der Waals surface area (Å²) in [6, 6.07) is 5.68. The van der Waals surface area contributed by atoms with Crippen molar-refractivity contribution in [1.82, 2.24) is 0 Å². The van der Waals surface area contributed by atoms with Crippen molar-refractivity contribution in [3.8, 4) is 0 Å². The maximum Gasteiger partial charge on any atom is 0.0417 e. The molecular weight excluding hydrogens is 184 g/mol. The molecule has 3 heteroatoms. The van der Waals surface area contributed by atoms with E-state index in [2.05, 4.69) is 12.6 Å². The van der Waals surface area contributed by atoms with E-state index in [0.29, 0.717) is 0 Å². The first-order chi connectivity index (χ1) is 4.74. The molecule has 0 nitrogen and oxygen atoms in total. The lowest BCUT2D eigenvalue weighted by Gasteiger charge is -1.99. The summed E-state index contributed by atoms with van der Waals surface area (Å²) in [6.45, 7) is 0. The first-order valence-corrected chi connectivity index (χ1v) is 4.81. The predicted molar refractivity (Wildman–Crippen MR) is 50.5 cm³/mol. The number of benzene rings is 1. The van der Waals surface area contributed by atoms with Crippen molar-refractivity contribution in [3.63, 3.8) is 0 Å². The van der Waals surface area contributed by atoms with Crippen LogP contribution in [0.15, 0.2) is 28.0 Å². The highest BCUT2D eigenvalue weighted by Gasteiger charge is 1.96. The van der Waals surface area contributed by atoms with Gasteiger partial charge in [0.2, 0.25) is 0 Å². The molecule has 0 radical (unpaired) electrons. The molecule has 0 saturated carbocycles. The smallest absolute Gasteiger partial charge is 0.0417 e. The molecule has 10 heavy (non-hydrogen) atoms. The Morgan fingerprint density at radius 3 is 2.70 bits per heavy atom. The molecule has 0 unspecified atom stereocenters. The van der Waals surface area contributed by atoms with Crippen molar-refractivity contribution in [2.24, 2.45) is 0 Å². The Bertz CT molecular complexity index is 235. The summed E-state index contributed by atoms with van der Waals surface area (Å²) in [7, 11) is 0. The van der Waals surface area contributed by atoms with Crippen LogP contribution in [0.5, 0.6) is 0 Å². The largest absolute Gasteiger partial charge is 0.142 e. The Kier molecular flexibility index (Phi) is 2.96. The monoisotopic (exact) mass is 190 g/mol. The second-order valence-electron chi connectivity index (χ2n) is 1.82. The molecule has 0 aliphatic carbocycles. The number of hydrogen-bond acceptors (Lipinski definition) is 2. The predicted octanol–water partition coefficient (Wildman–Crippen LogP) is 3.35. The molecule has 0 heterocycles. The SMILES string of the molecule is CSc1ccc(Cl)cc1S. The van der Waals surface area contributed by atoms with Crippen molar-refractivity contribution in [2.75, 3.05) is 6.26 Å². The molecule has 0 atom stereocenters. The Morgan fingerprint density at radius 2 is 2.20 bits per heavy atom. The molecule has 0 fully saturated rings. The van der Waals surface area contributed by atoms with Crippen LogP contribution in [0, 0.1) is 0 Å². The third-order valence-electron chi connectivity index (χ3n) is 1.14. The summed E-state index contributed by atoms with van der Waals surface area (Å²) in [4.78, 5) is 2.10. The van der Waals surface area contributed by atoms with Gasteiger partial charge in [0, 0.05) is 14.8 Å². The van der Waals surface area contributed by atoms with Gasteiger partial charge in [-0.15, -0.1) is 24.4 Å². The van der Waals surface area contributed by atoms with Crippen LogP contribution in [0.2, 0.25) is 5.02 Å². The summed E-state index contributed by atoms with van der Waals surface area (Å²) >= 11 is 11.6. The summed E-state index contributed by atoms with van der Waals surface area (Å²) < 4.78 is 0. The van der Waals surface area contributed by atoms with E-state index in [1.54, 1.807) is 11.8 Å². The van der Waals surface area contributed by atoms with E-state index < -0.39 is 0 Å². The first-order valence-electron chi connectivity index (χ1n) is 2.76. The average molecular weight is 191 g/mol. The molecular formula is C7H7ClS2. The van der Waals surface area contributed by atoms with Gasteiger partial charge < -0.3 is 0 Å². The standard InChI is InChI=1S/C7H7ClS2/c1-10-7-3-2-5(8)4-6(7)9/h2-4,9H,1H3. The van der Waals surface area contributed by atoms with Crippen LogP contribution >= 0.6 is 36.0 Å². The lowest BCUT2D eigenvalue weighted by Crippen LogP contribution is -1.72. The maximum atomic E-state index is 5.72. The summed E-state index contributed by atoms with van der Waals surface area (Å²) in [5.41, 5.74) is 0. The zero-order valence-electron chi connectivity index (χ0n) is 5.47. The number of thiol groups is 1. The Labute approximate surface area is 75.4 Å². The third kappa shape index (κ3) is 1.84. The Hall–Kier alpha value is 0.210. The van der Waals surface area contributed by atoms with Crippen LogP contribution in [0.1, 0.15) is 0 Å². The van der Waals surface area contributed by atoms with Crippen LogP contribution in [0.4, 0.5) is 0 Å². The molecule has 1 aromatic carbocycles. The average Bonchev–Trinajstić information content (AvgIpc) is 1.88. The summed E-state index contributed by atoms with van der Waals surface area (Å²) in [5, 5.41) is 0.739. The Balaban J connectivity index is 3.07. The van der Waals surface area contributed by atoms with E-state index >= 15 is 0 Å². The molecule has 54 valence electrons. The van der Waals surface area contributed by atoms with Crippen molar-refractivity contribution in [1.29, 1.82) is 0 Å². The molecule has 0 aromatic heterocycles. The van der Waals surface area contributed by atoms with Gasteiger partial charge in [-0.3, -0.25) is 0 Å². The van der Waals surface area contributed by atoms with E-state index in [1.165, 1.54) is 0 Å². The van der Waals surface area contributed by atoms with E-state index in [0.717, 1.165) is 14.8 Å². The van der Waals surface area contributed by atoms with Gasteiger partial charge in [0.1, 0.15) is 0 Å². The van der Waals surface area contributed by atoms with Crippen molar-refractivity contribution >= 4 is 36.0 Å². The lowest BCUT2D eigenvalue weighted by atomic mass is 10.4. The van der Waals surface area contributed by atoms with Crippen LogP contribution < -0.4 is 0 Å². The fraction of sp³-hybridized carbons (Fsp3) is 0.143. The van der Waals surface area contributed by atoms with Crippen LogP contribution in [0.3, 0.4) is 0 Å². The second-order valence-corrected chi connectivity index (χ2v) is 3.58. The number of hydrogen-bond donors (Lipinski definition) is 1.